The van der Waals surface area contributed by atoms with Crippen molar-refractivity contribution in [2.24, 2.45) is 0 Å². The van der Waals surface area contributed by atoms with Gasteiger partial charge in [0.15, 0.2) is 5.69 Å². The Labute approximate surface area is 157 Å². The zero-order chi connectivity index (χ0) is 20.4. The molecule has 0 aliphatic rings. The Hall–Kier alpha value is -2.21. The second-order valence-corrected chi connectivity index (χ2v) is 8.94. The quantitative estimate of drug-likeness (QED) is 0.565. The number of carbonyl (C=O) groups excluding carboxylic acids is 1. The van der Waals surface area contributed by atoms with Crippen LogP contribution in [0.15, 0.2) is 24.5 Å². The number of pyridine rings is 1. The second kappa shape index (κ2) is 7.80. The standard InChI is InChI=1S/C15H17F3N3O4S2/c1-3-20(7-8-27(2,24)25)14(22)11-12(15(16,17)18)19-13(26-11)10-5-4-6-21(23)9-10/h4-6,9,23H,3,7-8H2,1-2H3/q+1. The third-order valence-electron chi connectivity index (χ3n) is 3.52. The Morgan fingerprint density at radius 1 is 1.41 bits per heavy atom. The Kier molecular flexibility index (Phi) is 6.10. The zero-order valence-corrected chi connectivity index (χ0v) is 16.0. The van der Waals surface area contributed by atoms with E-state index in [4.69, 9.17) is 0 Å². The number of rotatable bonds is 6. The normalized spacial score (nSPS) is 12.2. The van der Waals surface area contributed by atoms with Crippen LogP contribution in [0.2, 0.25) is 0 Å². The second-order valence-electron chi connectivity index (χ2n) is 5.68. The smallest absolute Gasteiger partial charge is 0.337 e. The molecular formula is C15H17F3N3O4S2+. The highest BCUT2D eigenvalue weighted by Crippen LogP contribution is 2.38. The molecule has 0 spiro atoms. The molecule has 7 nitrogen and oxygen atoms in total. The molecule has 0 bridgehead atoms. The van der Waals surface area contributed by atoms with Gasteiger partial charge >= 0.3 is 6.18 Å². The van der Waals surface area contributed by atoms with Crippen LogP contribution in [-0.4, -0.2) is 54.5 Å². The van der Waals surface area contributed by atoms with Crippen LogP contribution in [0.5, 0.6) is 0 Å². The topological polar surface area (TPSA) is 91.5 Å². The molecule has 2 heterocycles. The van der Waals surface area contributed by atoms with Gasteiger partial charge in [-0.25, -0.2) is 13.4 Å². The molecule has 2 aromatic rings. The maximum absolute atomic E-state index is 13.4. The number of hydrogen-bond donors (Lipinski definition) is 1. The van der Waals surface area contributed by atoms with Crippen LogP contribution in [0.25, 0.3) is 10.6 Å². The molecule has 27 heavy (non-hydrogen) atoms. The van der Waals surface area contributed by atoms with Crippen LogP contribution in [0.3, 0.4) is 0 Å². The minimum atomic E-state index is -4.86. The lowest BCUT2D eigenvalue weighted by molar-refractivity contribution is -0.904. The molecule has 2 aromatic heterocycles. The van der Waals surface area contributed by atoms with Gasteiger partial charge in [0.25, 0.3) is 5.91 Å². The molecular weight excluding hydrogens is 407 g/mol. The summed E-state index contributed by atoms with van der Waals surface area (Å²) in [7, 11) is -3.38. The van der Waals surface area contributed by atoms with Crippen molar-refractivity contribution < 1.29 is 36.3 Å². The number of amides is 1. The summed E-state index contributed by atoms with van der Waals surface area (Å²) in [5.41, 5.74) is -1.13. The number of carbonyl (C=O) groups is 1. The van der Waals surface area contributed by atoms with Gasteiger partial charge in [-0.1, -0.05) is 0 Å². The molecule has 0 saturated heterocycles. The lowest BCUT2D eigenvalue weighted by Gasteiger charge is -2.20. The van der Waals surface area contributed by atoms with Crippen molar-refractivity contribution in [2.45, 2.75) is 13.1 Å². The molecule has 0 fully saturated rings. The molecule has 0 radical (unpaired) electrons. The monoisotopic (exact) mass is 424 g/mol. The summed E-state index contributed by atoms with van der Waals surface area (Å²) < 4.78 is 63.4. The van der Waals surface area contributed by atoms with Crippen molar-refractivity contribution in [1.82, 2.24) is 9.88 Å². The molecule has 2 rings (SSSR count). The van der Waals surface area contributed by atoms with Gasteiger partial charge in [0.05, 0.1) is 11.3 Å². The lowest BCUT2D eigenvalue weighted by atomic mass is 10.3. The summed E-state index contributed by atoms with van der Waals surface area (Å²) in [6, 6.07) is 2.86. The van der Waals surface area contributed by atoms with Crippen LogP contribution in [-0.2, 0) is 16.0 Å². The average Bonchev–Trinajstić information content (AvgIpc) is 2.99. The van der Waals surface area contributed by atoms with Gasteiger partial charge in [-0.15, -0.1) is 11.3 Å². The van der Waals surface area contributed by atoms with Crippen LogP contribution in [0, 0.1) is 0 Å². The van der Waals surface area contributed by atoms with E-state index in [0.717, 1.165) is 17.4 Å². The minimum Gasteiger partial charge on any atom is -0.337 e. The van der Waals surface area contributed by atoms with E-state index in [2.05, 4.69) is 4.98 Å². The Morgan fingerprint density at radius 3 is 2.59 bits per heavy atom. The fourth-order valence-electron chi connectivity index (χ4n) is 2.19. The predicted molar refractivity (Wildman–Crippen MR) is 91.2 cm³/mol. The summed E-state index contributed by atoms with van der Waals surface area (Å²) in [6.07, 6.45) is -1.44. The highest BCUT2D eigenvalue weighted by molar-refractivity contribution is 7.90. The number of alkyl halides is 3. The molecule has 0 saturated carbocycles. The fourth-order valence-corrected chi connectivity index (χ4v) is 3.79. The highest BCUT2D eigenvalue weighted by atomic mass is 32.2. The molecule has 1 amide bonds. The number of sulfone groups is 1. The third-order valence-corrected chi connectivity index (χ3v) is 5.54. The van der Waals surface area contributed by atoms with E-state index in [9.17, 15) is 31.6 Å². The van der Waals surface area contributed by atoms with Crippen molar-refractivity contribution in [3.8, 4) is 10.6 Å². The fraction of sp³-hybridized carbons (Fsp3) is 0.400. The number of aromatic nitrogens is 2. The first-order valence-electron chi connectivity index (χ1n) is 7.68. The van der Waals surface area contributed by atoms with Gasteiger partial charge in [0.2, 0.25) is 12.4 Å². The minimum absolute atomic E-state index is 0.0425. The van der Waals surface area contributed by atoms with Gasteiger partial charge in [-0.2, -0.15) is 13.2 Å². The summed E-state index contributed by atoms with van der Waals surface area (Å²) in [5, 5.41) is 9.34. The van der Waals surface area contributed by atoms with Crippen molar-refractivity contribution in [2.75, 3.05) is 25.1 Å². The Balaban J connectivity index is 2.46. The van der Waals surface area contributed by atoms with Crippen LogP contribution >= 0.6 is 11.3 Å². The average molecular weight is 424 g/mol. The summed E-state index contributed by atoms with van der Waals surface area (Å²) in [5.74, 6) is -1.30. The van der Waals surface area contributed by atoms with Crippen molar-refractivity contribution in [1.29, 1.82) is 0 Å². The first kappa shape index (κ1) is 21.1. The molecule has 0 aliphatic carbocycles. The SMILES string of the molecule is CCN(CCS(C)(=O)=O)C(=O)c1sc(-c2ccc[n+](O)c2)nc1C(F)(F)F. The molecule has 148 valence electrons. The predicted octanol–water partition coefficient (Wildman–Crippen LogP) is 1.86. The largest absolute Gasteiger partial charge is 0.435 e. The van der Waals surface area contributed by atoms with E-state index >= 15 is 0 Å². The van der Waals surface area contributed by atoms with Gasteiger partial charge in [0, 0.05) is 30.1 Å². The molecule has 1 N–H and O–H groups in total. The Bertz CT molecular complexity index is 942. The van der Waals surface area contributed by atoms with Crippen LogP contribution in [0.4, 0.5) is 13.2 Å². The molecule has 12 heteroatoms. The highest BCUT2D eigenvalue weighted by Gasteiger charge is 2.40. The van der Waals surface area contributed by atoms with E-state index in [0.29, 0.717) is 16.1 Å². The van der Waals surface area contributed by atoms with Gasteiger partial charge in [0.1, 0.15) is 19.7 Å². The first-order valence-corrected chi connectivity index (χ1v) is 10.6. The van der Waals surface area contributed by atoms with Crippen molar-refractivity contribution >= 4 is 27.1 Å². The van der Waals surface area contributed by atoms with Crippen LogP contribution in [0.1, 0.15) is 22.3 Å². The van der Waals surface area contributed by atoms with E-state index in [-0.39, 0.29) is 29.4 Å². The number of thiazole rings is 1. The third kappa shape index (κ3) is 5.39. The van der Waals surface area contributed by atoms with Gasteiger partial charge < -0.3 is 4.90 Å². The van der Waals surface area contributed by atoms with Gasteiger partial charge in [-0.05, 0) is 13.0 Å². The summed E-state index contributed by atoms with van der Waals surface area (Å²) >= 11 is 0.537. The Morgan fingerprint density at radius 2 is 2.07 bits per heavy atom. The first-order chi connectivity index (χ1) is 12.4. The summed E-state index contributed by atoms with van der Waals surface area (Å²) in [6.45, 7) is 1.36. The number of hydrogen-bond acceptors (Lipinski definition) is 6. The number of halogens is 3. The van der Waals surface area contributed by atoms with E-state index in [1.807, 2.05) is 0 Å². The van der Waals surface area contributed by atoms with Crippen LogP contribution < -0.4 is 4.73 Å². The maximum Gasteiger partial charge on any atom is 0.435 e. The molecule has 0 aliphatic heterocycles. The summed E-state index contributed by atoms with van der Waals surface area (Å²) in [4.78, 5) is 16.6. The molecule has 0 aromatic carbocycles. The maximum atomic E-state index is 13.4. The van der Waals surface area contributed by atoms with E-state index in [1.54, 1.807) is 6.92 Å². The molecule has 0 unspecified atom stereocenters. The van der Waals surface area contributed by atoms with E-state index in [1.165, 1.54) is 18.3 Å². The zero-order valence-electron chi connectivity index (χ0n) is 14.4. The number of nitrogens with zero attached hydrogens (tertiary/aromatic N) is 3. The van der Waals surface area contributed by atoms with E-state index < -0.39 is 32.5 Å². The molecule has 0 atom stereocenters. The van der Waals surface area contributed by atoms with Crippen molar-refractivity contribution in [3.63, 3.8) is 0 Å². The van der Waals surface area contributed by atoms with Gasteiger partial charge in [-0.3, -0.25) is 10.0 Å². The van der Waals surface area contributed by atoms with Crippen molar-refractivity contribution in [3.05, 3.63) is 35.1 Å². The lowest BCUT2D eigenvalue weighted by Crippen LogP contribution is -2.35.